The van der Waals surface area contributed by atoms with Gasteiger partial charge in [-0.15, -0.1) is 0 Å². The maximum atomic E-state index is 13.3. The Morgan fingerprint density at radius 1 is 1.03 bits per heavy atom. The molecule has 3 aromatic heterocycles. The molecule has 0 saturated carbocycles. The minimum atomic E-state index is -0.479. The molecule has 0 fully saturated rings. The number of hydrogen-bond acceptors (Lipinski definition) is 6. The zero-order valence-electron chi connectivity index (χ0n) is 21.7. The molecule has 3 heterocycles. The van der Waals surface area contributed by atoms with Crippen LogP contribution in [0.25, 0.3) is 27.8 Å². The van der Waals surface area contributed by atoms with E-state index in [1.54, 1.807) is 74.0 Å². The summed E-state index contributed by atoms with van der Waals surface area (Å²) in [5, 5.41) is 15.4. The Bertz CT molecular complexity index is 1870. The first-order chi connectivity index (χ1) is 18.7. The van der Waals surface area contributed by atoms with Crippen molar-refractivity contribution in [3.8, 4) is 28.3 Å². The van der Waals surface area contributed by atoms with Crippen molar-refractivity contribution in [2.24, 2.45) is 7.05 Å². The molecule has 0 aliphatic carbocycles. The van der Waals surface area contributed by atoms with Crippen LogP contribution in [0.3, 0.4) is 0 Å². The highest BCUT2D eigenvalue weighted by Gasteiger charge is 2.21. The van der Waals surface area contributed by atoms with Crippen LogP contribution in [-0.4, -0.2) is 33.0 Å². The summed E-state index contributed by atoms with van der Waals surface area (Å²) in [5.74, 6) is -0.236. The Balaban J connectivity index is 1.55. The topological polar surface area (TPSA) is 134 Å². The lowest BCUT2D eigenvalue weighted by molar-refractivity contribution is 0.0961. The lowest BCUT2D eigenvalue weighted by Crippen LogP contribution is -2.19. The van der Waals surface area contributed by atoms with E-state index in [9.17, 15) is 19.6 Å². The van der Waals surface area contributed by atoms with Crippen LogP contribution in [0.5, 0.6) is 0 Å². The highest BCUT2D eigenvalue weighted by atomic mass is 16.5. The van der Waals surface area contributed by atoms with Crippen molar-refractivity contribution >= 4 is 23.0 Å². The molecule has 2 amide bonds. The van der Waals surface area contributed by atoms with Gasteiger partial charge in [0.25, 0.3) is 17.4 Å². The van der Waals surface area contributed by atoms with Crippen LogP contribution >= 0.6 is 0 Å². The van der Waals surface area contributed by atoms with E-state index in [0.29, 0.717) is 50.6 Å². The maximum absolute atomic E-state index is 13.3. The van der Waals surface area contributed by atoms with E-state index in [2.05, 4.69) is 21.7 Å². The zero-order chi connectivity index (χ0) is 27.8. The number of carbonyl (C=O) groups excluding carboxylic acids is 2. The number of carbonyl (C=O) groups is 2. The molecule has 194 valence electrons. The van der Waals surface area contributed by atoms with Crippen molar-refractivity contribution in [2.75, 3.05) is 12.4 Å². The fourth-order valence-electron chi connectivity index (χ4n) is 4.61. The van der Waals surface area contributed by atoms with Crippen LogP contribution in [0, 0.1) is 25.2 Å². The van der Waals surface area contributed by atoms with Crippen molar-refractivity contribution in [3.63, 3.8) is 0 Å². The van der Waals surface area contributed by atoms with Gasteiger partial charge in [0, 0.05) is 37.1 Å². The average Bonchev–Trinajstić information content (AvgIpc) is 3.42. The van der Waals surface area contributed by atoms with Crippen molar-refractivity contribution in [1.29, 1.82) is 5.26 Å². The molecule has 2 N–H and O–H groups in total. The molecule has 0 atom stereocenters. The standard InChI is InChI=1S/C29H24N6O4/c1-16-15-35-23(26(32-16)28(37)33-21-7-5-6-20(12-21)27(36)31-3)13-22(24(35)14-30)18-8-10-19(11-9-18)25-17(2)39-34(4)29(25)38/h5-13,15H,1-4H3,(H,31,36)(H,33,37). The van der Waals surface area contributed by atoms with Gasteiger partial charge in [-0.05, 0) is 49.2 Å². The number of benzene rings is 2. The number of nitrogens with zero attached hydrogens (tertiary/aromatic N) is 4. The number of amides is 2. The first kappa shape index (κ1) is 25.2. The molecule has 10 heteroatoms. The molecule has 0 aliphatic heterocycles. The van der Waals surface area contributed by atoms with Gasteiger partial charge in [-0.2, -0.15) is 10.0 Å². The number of anilines is 1. The smallest absolute Gasteiger partial charge is 0.290 e. The zero-order valence-corrected chi connectivity index (χ0v) is 21.7. The second kappa shape index (κ2) is 9.79. The van der Waals surface area contributed by atoms with E-state index >= 15 is 0 Å². The lowest BCUT2D eigenvalue weighted by Gasteiger charge is -2.09. The van der Waals surface area contributed by atoms with E-state index in [4.69, 9.17) is 4.52 Å². The third kappa shape index (κ3) is 4.46. The minimum Gasteiger partial charge on any atom is -0.381 e. The molecule has 0 spiro atoms. The van der Waals surface area contributed by atoms with Gasteiger partial charge in [0.05, 0.1) is 16.8 Å². The quantitative estimate of drug-likeness (QED) is 0.359. The van der Waals surface area contributed by atoms with Crippen LogP contribution in [0.1, 0.15) is 38.0 Å². The van der Waals surface area contributed by atoms with Crippen LogP contribution in [0.2, 0.25) is 0 Å². The van der Waals surface area contributed by atoms with Crippen LogP contribution in [0.4, 0.5) is 5.69 Å². The molecule has 0 radical (unpaired) electrons. The van der Waals surface area contributed by atoms with Crippen molar-refractivity contribution < 1.29 is 14.1 Å². The van der Waals surface area contributed by atoms with Gasteiger partial charge in [0.15, 0.2) is 5.69 Å². The minimum absolute atomic E-state index is 0.136. The van der Waals surface area contributed by atoms with Crippen molar-refractivity contribution in [2.45, 2.75) is 13.8 Å². The number of aromatic nitrogens is 3. The normalized spacial score (nSPS) is 10.8. The van der Waals surface area contributed by atoms with E-state index in [1.165, 1.54) is 11.8 Å². The Morgan fingerprint density at radius 3 is 2.38 bits per heavy atom. The van der Waals surface area contributed by atoms with Crippen molar-refractivity contribution in [1.82, 2.24) is 19.4 Å². The van der Waals surface area contributed by atoms with E-state index < -0.39 is 5.91 Å². The second-order valence-corrected chi connectivity index (χ2v) is 9.02. The van der Waals surface area contributed by atoms with Gasteiger partial charge < -0.3 is 19.6 Å². The predicted octanol–water partition coefficient (Wildman–Crippen LogP) is 4.06. The molecule has 2 aromatic carbocycles. The highest BCUT2D eigenvalue weighted by molar-refractivity contribution is 6.08. The molecule has 10 nitrogen and oxygen atoms in total. The molecule has 0 bridgehead atoms. The number of hydrogen-bond donors (Lipinski definition) is 2. The first-order valence-corrected chi connectivity index (χ1v) is 12.1. The first-order valence-electron chi connectivity index (χ1n) is 12.1. The van der Waals surface area contributed by atoms with Crippen LogP contribution < -0.4 is 16.2 Å². The highest BCUT2D eigenvalue weighted by Crippen LogP contribution is 2.31. The summed E-state index contributed by atoms with van der Waals surface area (Å²) in [6.45, 7) is 3.47. The molecule has 0 unspecified atom stereocenters. The third-order valence-electron chi connectivity index (χ3n) is 6.42. The van der Waals surface area contributed by atoms with Gasteiger partial charge >= 0.3 is 0 Å². The Labute approximate surface area is 223 Å². The molecular formula is C29H24N6O4. The summed E-state index contributed by atoms with van der Waals surface area (Å²) < 4.78 is 8.23. The lowest BCUT2D eigenvalue weighted by atomic mass is 10.0. The molecule has 0 aliphatic rings. The summed E-state index contributed by atoms with van der Waals surface area (Å²) in [4.78, 5) is 42.2. The summed E-state index contributed by atoms with van der Waals surface area (Å²) in [7, 11) is 3.09. The van der Waals surface area contributed by atoms with Gasteiger partial charge in [0.1, 0.15) is 17.5 Å². The van der Waals surface area contributed by atoms with Gasteiger partial charge in [-0.1, -0.05) is 30.3 Å². The summed E-state index contributed by atoms with van der Waals surface area (Å²) >= 11 is 0. The summed E-state index contributed by atoms with van der Waals surface area (Å²) in [5.41, 5.74) is 4.62. The SMILES string of the molecule is CNC(=O)c1cccc(NC(=O)c2nc(C)cn3c(C#N)c(-c4ccc(-c5c(C)on(C)c5=O)cc4)cc23)c1. The Hall–Kier alpha value is -5.43. The molecule has 39 heavy (non-hydrogen) atoms. The Morgan fingerprint density at radius 2 is 1.74 bits per heavy atom. The van der Waals surface area contributed by atoms with Gasteiger partial charge in [0.2, 0.25) is 0 Å². The monoisotopic (exact) mass is 520 g/mol. The molecule has 5 aromatic rings. The molecular weight excluding hydrogens is 496 g/mol. The maximum Gasteiger partial charge on any atom is 0.290 e. The predicted molar refractivity (Wildman–Crippen MR) is 146 cm³/mol. The summed E-state index contributed by atoms with van der Waals surface area (Å²) in [6, 6.07) is 17.8. The fourth-order valence-corrected chi connectivity index (χ4v) is 4.61. The van der Waals surface area contributed by atoms with Crippen molar-refractivity contribution in [3.05, 3.63) is 99.6 Å². The third-order valence-corrected chi connectivity index (χ3v) is 6.42. The van der Waals surface area contributed by atoms with E-state index in [1.807, 2.05) is 12.1 Å². The summed E-state index contributed by atoms with van der Waals surface area (Å²) in [6.07, 6.45) is 1.70. The second-order valence-electron chi connectivity index (χ2n) is 9.02. The van der Waals surface area contributed by atoms with E-state index in [0.717, 1.165) is 5.56 Å². The number of rotatable bonds is 5. The molecule has 0 saturated heterocycles. The molecule has 5 rings (SSSR count). The largest absolute Gasteiger partial charge is 0.381 e. The van der Waals surface area contributed by atoms with Gasteiger partial charge in [-0.25, -0.2) is 4.98 Å². The van der Waals surface area contributed by atoms with Crippen LogP contribution in [-0.2, 0) is 7.05 Å². The number of aryl methyl sites for hydroxylation is 3. The number of nitrogens with one attached hydrogen (secondary N) is 2. The van der Waals surface area contributed by atoms with Gasteiger partial charge in [-0.3, -0.25) is 14.4 Å². The van der Waals surface area contributed by atoms with Crippen LogP contribution in [0.15, 0.2) is 70.1 Å². The number of fused-ring (bicyclic) bond motifs is 1. The number of nitriles is 1. The average molecular weight is 521 g/mol. The fraction of sp³-hybridized carbons (Fsp3) is 0.138. The Kier molecular flexibility index (Phi) is 6.34. The van der Waals surface area contributed by atoms with E-state index in [-0.39, 0.29) is 17.2 Å².